The minimum atomic E-state index is 0.345. The molecule has 0 unspecified atom stereocenters. The van der Waals surface area contributed by atoms with Gasteiger partial charge in [-0.05, 0) is 31.0 Å². The van der Waals surface area contributed by atoms with E-state index in [0.717, 1.165) is 16.8 Å². The van der Waals surface area contributed by atoms with E-state index in [-0.39, 0.29) is 0 Å². The molecule has 11 heavy (non-hydrogen) atoms. The Hall–Kier alpha value is -1.18. The first kappa shape index (κ1) is 7.92. The van der Waals surface area contributed by atoms with Gasteiger partial charge in [0.25, 0.3) is 0 Å². The Kier molecular flexibility index (Phi) is 2.03. The quantitative estimate of drug-likeness (QED) is 0.602. The smallest absolute Gasteiger partial charge is 0.141 e. The lowest BCUT2D eigenvalue weighted by Crippen LogP contribution is -1.90. The van der Waals surface area contributed by atoms with Gasteiger partial charge < -0.3 is 10.4 Å². The number of phenols is 1. The van der Waals surface area contributed by atoms with Crippen LogP contribution in [0.2, 0.25) is 0 Å². The van der Waals surface area contributed by atoms with Gasteiger partial charge in [-0.3, -0.25) is 0 Å². The van der Waals surface area contributed by atoms with Crippen molar-refractivity contribution < 1.29 is 5.11 Å². The van der Waals surface area contributed by atoms with Crippen molar-refractivity contribution in [2.75, 3.05) is 12.4 Å². The minimum Gasteiger partial charge on any atom is -0.506 e. The maximum Gasteiger partial charge on any atom is 0.141 e. The molecule has 0 aromatic heterocycles. The molecule has 0 saturated heterocycles. The molecule has 1 aromatic carbocycles. The summed E-state index contributed by atoms with van der Waals surface area (Å²) in [6.45, 7) is 3.90. The number of benzene rings is 1. The van der Waals surface area contributed by atoms with Gasteiger partial charge >= 0.3 is 0 Å². The molecule has 2 nitrogen and oxygen atoms in total. The second-order valence-corrected chi connectivity index (χ2v) is 2.73. The number of aryl methyl sites for hydroxylation is 2. The first-order valence-electron chi connectivity index (χ1n) is 3.63. The Labute approximate surface area is 66.9 Å². The molecule has 0 aliphatic carbocycles. The van der Waals surface area contributed by atoms with Crippen LogP contribution in [0, 0.1) is 13.8 Å². The van der Waals surface area contributed by atoms with Gasteiger partial charge in [0.05, 0.1) is 5.69 Å². The predicted molar refractivity (Wildman–Crippen MR) is 47.1 cm³/mol. The van der Waals surface area contributed by atoms with Gasteiger partial charge in [0.1, 0.15) is 5.75 Å². The highest BCUT2D eigenvalue weighted by atomic mass is 16.3. The van der Waals surface area contributed by atoms with E-state index in [1.807, 2.05) is 26.0 Å². The number of hydrogen-bond acceptors (Lipinski definition) is 2. The highest BCUT2D eigenvalue weighted by molar-refractivity contribution is 5.60. The average Bonchev–Trinajstić information content (AvgIpc) is 1.96. The Balaban J connectivity index is 3.24. The summed E-state index contributed by atoms with van der Waals surface area (Å²) in [6.07, 6.45) is 0. The molecule has 2 N–H and O–H groups in total. The Morgan fingerprint density at radius 3 is 2.45 bits per heavy atom. The molecule has 1 rings (SSSR count). The fraction of sp³-hybridized carbons (Fsp3) is 0.333. The third-order valence-corrected chi connectivity index (χ3v) is 1.71. The van der Waals surface area contributed by atoms with Crippen LogP contribution in [0.3, 0.4) is 0 Å². The maximum absolute atomic E-state index is 9.46. The third-order valence-electron chi connectivity index (χ3n) is 1.71. The van der Waals surface area contributed by atoms with Crippen LogP contribution in [0.4, 0.5) is 5.69 Å². The van der Waals surface area contributed by atoms with E-state index in [1.165, 1.54) is 0 Å². The Morgan fingerprint density at radius 2 is 1.91 bits per heavy atom. The van der Waals surface area contributed by atoms with Crippen LogP contribution >= 0.6 is 0 Å². The molecule has 0 atom stereocenters. The van der Waals surface area contributed by atoms with E-state index in [1.54, 1.807) is 7.05 Å². The van der Waals surface area contributed by atoms with Crippen LogP contribution in [0.1, 0.15) is 11.1 Å². The van der Waals surface area contributed by atoms with E-state index >= 15 is 0 Å². The molecule has 0 saturated carbocycles. The monoisotopic (exact) mass is 151 g/mol. The van der Waals surface area contributed by atoms with E-state index < -0.39 is 0 Å². The van der Waals surface area contributed by atoms with Crippen molar-refractivity contribution in [1.29, 1.82) is 0 Å². The van der Waals surface area contributed by atoms with Gasteiger partial charge in [0, 0.05) is 7.05 Å². The lowest BCUT2D eigenvalue weighted by molar-refractivity contribution is 0.473. The van der Waals surface area contributed by atoms with Crippen molar-refractivity contribution in [2.24, 2.45) is 0 Å². The molecule has 0 heterocycles. The first-order valence-corrected chi connectivity index (χ1v) is 3.63. The van der Waals surface area contributed by atoms with Crippen molar-refractivity contribution in [3.63, 3.8) is 0 Å². The summed E-state index contributed by atoms with van der Waals surface area (Å²) < 4.78 is 0. The molecule has 0 amide bonds. The summed E-state index contributed by atoms with van der Waals surface area (Å²) in [6, 6.07) is 3.87. The summed E-state index contributed by atoms with van der Waals surface area (Å²) in [4.78, 5) is 0. The van der Waals surface area contributed by atoms with Gasteiger partial charge in [-0.25, -0.2) is 0 Å². The molecule has 0 radical (unpaired) electrons. The van der Waals surface area contributed by atoms with E-state index in [2.05, 4.69) is 5.32 Å². The highest BCUT2D eigenvalue weighted by Gasteiger charge is 2.01. The second-order valence-electron chi connectivity index (χ2n) is 2.73. The number of phenolic OH excluding ortho intramolecular Hbond substituents is 1. The van der Waals surface area contributed by atoms with E-state index in [9.17, 15) is 5.11 Å². The molecule has 0 bridgehead atoms. The zero-order valence-electron chi connectivity index (χ0n) is 7.10. The number of nitrogens with one attached hydrogen (secondary N) is 1. The number of hydrogen-bond donors (Lipinski definition) is 2. The van der Waals surface area contributed by atoms with Crippen molar-refractivity contribution in [2.45, 2.75) is 13.8 Å². The van der Waals surface area contributed by atoms with Crippen LogP contribution in [-0.4, -0.2) is 12.2 Å². The summed E-state index contributed by atoms with van der Waals surface area (Å²) in [7, 11) is 1.80. The molecule has 0 aliphatic rings. The standard InChI is InChI=1S/C9H13NO/c1-6-4-7(2)9(11)8(5-6)10-3/h4-5,10-11H,1-3H3. The van der Waals surface area contributed by atoms with Crippen LogP contribution in [0.25, 0.3) is 0 Å². The topological polar surface area (TPSA) is 32.3 Å². The third kappa shape index (κ3) is 1.45. The predicted octanol–water partition coefficient (Wildman–Crippen LogP) is 2.05. The van der Waals surface area contributed by atoms with Crippen molar-refractivity contribution in [1.82, 2.24) is 0 Å². The fourth-order valence-electron chi connectivity index (χ4n) is 1.15. The van der Waals surface area contributed by atoms with E-state index in [0.29, 0.717) is 5.75 Å². The number of aromatic hydroxyl groups is 1. The molecule has 1 aromatic rings. The summed E-state index contributed by atoms with van der Waals surface area (Å²) in [5.41, 5.74) is 2.86. The molecule has 60 valence electrons. The summed E-state index contributed by atoms with van der Waals surface area (Å²) >= 11 is 0. The van der Waals surface area contributed by atoms with Crippen molar-refractivity contribution in [3.05, 3.63) is 23.3 Å². The van der Waals surface area contributed by atoms with E-state index in [4.69, 9.17) is 0 Å². The maximum atomic E-state index is 9.46. The van der Waals surface area contributed by atoms with Crippen LogP contribution in [0.15, 0.2) is 12.1 Å². The lowest BCUT2D eigenvalue weighted by Gasteiger charge is -2.07. The normalized spacial score (nSPS) is 9.73. The van der Waals surface area contributed by atoms with Crippen LogP contribution in [0.5, 0.6) is 5.75 Å². The van der Waals surface area contributed by atoms with Crippen molar-refractivity contribution >= 4 is 5.69 Å². The SMILES string of the molecule is CNc1cc(C)cc(C)c1O. The Bertz CT molecular complexity index is 269. The molecule has 0 spiro atoms. The zero-order chi connectivity index (χ0) is 8.43. The summed E-state index contributed by atoms with van der Waals surface area (Å²) in [5.74, 6) is 0.345. The molecule has 0 fully saturated rings. The molecular weight excluding hydrogens is 138 g/mol. The zero-order valence-corrected chi connectivity index (χ0v) is 7.10. The molecule has 0 aliphatic heterocycles. The van der Waals surface area contributed by atoms with Crippen LogP contribution < -0.4 is 5.32 Å². The number of rotatable bonds is 1. The fourth-order valence-corrected chi connectivity index (χ4v) is 1.15. The average molecular weight is 151 g/mol. The minimum absolute atomic E-state index is 0.345. The van der Waals surface area contributed by atoms with Gasteiger partial charge in [-0.1, -0.05) is 6.07 Å². The second kappa shape index (κ2) is 2.82. The highest BCUT2D eigenvalue weighted by Crippen LogP contribution is 2.27. The van der Waals surface area contributed by atoms with Gasteiger partial charge in [0.15, 0.2) is 0 Å². The largest absolute Gasteiger partial charge is 0.506 e. The lowest BCUT2D eigenvalue weighted by atomic mass is 10.1. The van der Waals surface area contributed by atoms with Gasteiger partial charge in [-0.2, -0.15) is 0 Å². The first-order chi connectivity index (χ1) is 5.15. The van der Waals surface area contributed by atoms with Crippen molar-refractivity contribution in [3.8, 4) is 5.75 Å². The van der Waals surface area contributed by atoms with Gasteiger partial charge in [-0.15, -0.1) is 0 Å². The summed E-state index contributed by atoms with van der Waals surface area (Å²) in [5, 5.41) is 12.4. The molecule has 2 heteroatoms. The number of anilines is 1. The van der Waals surface area contributed by atoms with Gasteiger partial charge in [0.2, 0.25) is 0 Å². The Morgan fingerprint density at radius 1 is 1.27 bits per heavy atom. The molecular formula is C9H13NO. The van der Waals surface area contributed by atoms with Crippen LogP contribution in [-0.2, 0) is 0 Å².